The Bertz CT molecular complexity index is 571. The molecule has 1 aromatic rings. The number of carbonyl (C=O) groups is 1. The van der Waals surface area contributed by atoms with E-state index < -0.39 is 5.97 Å². The molecule has 0 amide bonds. The van der Waals surface area contributed by atoms with E-state index in [1.807, 2.05) is 25.1 Å². The normalized spacial score (nSPS) is 20.2. The first-order valence-electron chi connectivity index (χ1n) is 7.21. The van der Waals surface area contributed by atoms with E-state index in [9.17, 15) is 9.35 Å². The van der Waals surface area contributed by atoms with Crippen LogP contribution in [0.1, 0.15) is 51.5 Å². The molecule has 1 unspecified atom stereocenters. The minimum atomic E-state index is -0.727. The zero-order chi connectivity index (χ0) is 15.5. The SMILES string of the molecule is CC1=Nc2ccc(SO)cc2C1(C)CCCCCC(=O)O. The quantitative estimate of drug-likeness (QED) is 0.568. The van der Waals surface area contributed by atoms with Crippen LogP contribution in [0.2, 0.25) is 0 Å². The van der Waals surface area contributed by atoms with Gasteiger partial charge in [-0.25, -0.2) is 0 Å². The van der Waals surface area contributed by atoms with Crippen LogP contribution in [0.4, 0.5) is 5.69 Å². The molecule has 2 rings (SSSR count). The standard InChI is InChI=1S/C16H21NO3S/c1-11-16(2,9-5-3-4-6-15(18)19)13-10-12(21-20)7-8-14(13)17-11/h7-8,10,20H,3-6,9H2,1-2H3,(H,18,19). The number of aliphatic carboxylic acids is 1. The van der Waals surface area contributed by atoms with Crippen molar-refractivity contribution in [2.75, 3.05) is 0 Å². The van der Waals surface area contributed by atoms with E-state index in [-0.39, 0.29) is 11.8 Å². The lowest BCUT2D eigenvalue weighted by molar-refractivity contribution is -0.137. The largest absolute Gasteiger partial charge is 0.481 e. The van der Waals surface area contributed by atoms with Crippen LogP contribution in [0.3, 0.4) is 0 Å². The van der Waals surface area contributed by atoms with E-state index in [1.165, 1.54) is 0 Å². The Balaban J connectivity index is 2.05. The van der Waals surface area contributed by atoms with Gasteiger partial charge in [0.2, 0.25) is 0 Å². The minimum Gasteiger partial charge on any atom is -0.481 e. The van der Waals surface area contributed by atoms with E-state index in [0.717, 1.165) is 59.6 Å². The Hall–Kier alpha value is -1.33. The number of hydrogen-bond acceptors (Lipinski definition) is 4. The highest BCUT2D eigenvalue weighted by Gasteiger charge is 2.36. The number of nitrogens with zero attached hydrogens (tertiary/aromatic N) is 1. The molecule has 1 aromatic carbocycles. The van der Waals surface area contributed by atoms with E-state index >= 15 is 0 Å². The van der Waals surface area contributed by atoms with Crippen LogP contribution in [0, 0.1) is 0 Å². The Morgan fingerprint density at radius 3 is 2.76 bits per heavy atom. The lowest BCUT2D eigenvalue weighted by Gasteiger charge is -2.26. The maximum absolute atomic E-state index is 10.5. The lowest BCUT2D eigenvalue weighted by atomic mass is 9.76. The van der Waals surface area contributed by atoms with Gasteiger partial charge in [-0.3, -0.25) is 9.79 Å². The summed E-state index contributed by atoms with van der Waals surface area (Å²) in [6.07, 6.45) is 3.81. The molecule has 0 saturated heterocycles. The van der Waals surface area contributed by atoms with Crippen LogP contribution in [0.25, 0.3) is 0 Å². The molecule has 0 bridgehead atoms. The summed E-state index contributed by atoms with van der Waals surface area (Å²) < 4.78 is 9.23. The molecule has 4 nitrogen and oxygen atoms in total. The highest BCUT2D eigenvalue weighted by atomic mass is 32.2. The fourth-order valence-corrected chi connectivity index (χ4v) is 3.16. The third-order valence-corrected chi connectivity index (χ3v) is 4.79. The van der Waals surface area contributed by atoms with Gasteiger partial charge in [0.1, 0.15) is 0 Å². The fourth-order valence-electron chi connectivity index (χ4n) is 2.86. The van der Waals surface area contributed by atoms with Crippen LogP contribution in [0.15, 0.2) is 28.1 Å². The molecule has 0 saturated carbocycles. The van der Waals surface area contributed by atoms with Crippen LogP contribution in [-0.4, -0.2) is 21.3 Å². The van der Waals surface area contributed by atoms with Crippen molar-refractivity contribution in [1.29, 1.82) is 0 Å². The van der Waals surface area contributed by atoms with Gasteiger partial charge in [0.25, 0.3) is 0 Å². The van der Waals surface area contributed by atoms with Crippen molar-refractivity contribution < 1.29 is 14.5 Å². The first kappa shape index (κ1) is 16.0. The number of aliphatic imine (C=N–C) groups is 1. The van der Waals surface area contributed by atoms with Crippen molar-refractivity contribution in [3.8, 4) is 0 Å². The summed E-state index contributed by atoms with van der Waals surface area (Å²) in [4.78, 5) is 16.0. The fraction of sp³-hybridized carbons (Fsp3) is 0.500. The predicted molar refractivity (Wildman–Crippen MR) is 85.8 cm³/mol. The molecule has 0 spiro atoms. The highest BCUT2D eigenvalue weighted by molar-refractivity contribution is 7.93. The molecule has 21 heavy (non-hydrogen) atoms. The summed E-state index contributed by atoms with van der Waals surface area (Å²) in [5.74, 6) is -0.727. The number of carboxylic acid groups (broad SMARTS) is 1. The van der Waals surface area contributed by atoms with E-state index in [0.29, 0.717) is 0 Å². The average molecular weight is 307 g/mol. The van der Waals surface area contributed by atoms with Crippen molar-refractivity contribution in [2.45, 2.75) is 56.3 Å². The van der Waals surface area contributed by atoms with Crippen molar-refractivity contribution in [3.63, 3.8) is 0 Å². The van der Waals surface area contributed by atoms with Gasteiger partial charge in [0, 0.05) is 34.5 Å². The zero-order valence-electron chi connectivity index (χ0n) is 12.4. The van der Waals surface area contributed by atoms with Crippen LogP contribution in [-0.2, 0) is 10.2 Å². The second kappa shape index (κ2) is 6.62. The van der Waals surface area contributed by atoms with Gasteiger partial charge in [-0.15, -0.1) is 0 Å². The molecule has 1 aliphatic rings. The maximum Gasteiger partial charge on any atom is 0.303 e. The molecule has 1 atom stereocenters. The van der Waals surface area contributed by atoms with Crippen LogP contribution >= 0.6 is 12.0 Å². The third-order valence-electron chi connectivity index (χ3n) is 4.32. The molecule has 0 radical (unpaired) electrons. The maximum atomic E-state index is 10.5. The van der Waals surface area contributed by atoms with Crippen molar-refractivity contribution >= 4 is 29.4 Å². The first-order valence-corrected chi connectivity index (χ1v) is 7.98. The summed E-state index contributed by atoms with van der Waals surface area (Å²) in [7, 11) is 0. The second-order valence-electron chi connectivity index (χ2n) is 5.75. The number of carboxylic acids is 1. The van der Waals surface area contributed by atoms with E-state index in [2.05, 4.69) is 11.9 Å². The topological polar surface area (TPSA) is 69.9 Å². The van der Waals surface area contributed by atoms with E-state index in [1.54, 1.807) is 0 Å². The summed E-state index contributed by atoms with van der Waals surface area (Å²) >= 11 is 0.756. The smallest absolute Gasteiger partial charge is 0.303 e. The molecule has 0 fully saturated rings. The second-order valence-corrected chi connectivity index (χ2v) is 6.41. The first-order chi connectivity index (χ1) is 9.97. The molecule has 114 valence electrons. The summed E-state index contributed by atoms with van der Waals surface area (Å²) in [6.45, 7) is 4.23. The molecule has 0 aromatic heterocycles. The zero-order valence-corrected chi connectivity index (χ0v) is 13.2. The lowest BCUT2D eigenvalue weighted by Crippen LogP contribution is -2.27. The monoisotopic (exact) mass is 307 g/mol. The number of fused-ring (bicyclic) bond motifs is 1. The van der Waals surface area contributed by atoms with E-state index in [4.69, 9.17) is 5.11 Å². The van der Waals surface area contributed by atoms with Crippen molar-refractivity contribution in [1.82, 2.24) is 0 Å². The van der Waals surface area contributed by atoms with Gasteiger partial charge in [-0.2, -0.15) is 0 Å². The third kappa shape index (κ3) is 3.47. The van der Waals surface area contributed by atoms with Gasteiger partial charge < -0.3 is 9.66 Å². The average Bonchev–Trinajstić information content (AvgIpc) is 2.70. The van der Waals surface area contributed by atoms with Gasteiger partial charge >= 0.3 is 5.97 Å². The van der Waals surface area contributed by atoms with Crippen molar-refractivity contribution in [2.24, 2.45) is 4.99 Å². The summed E-state index contributed by atoms with van der Waals surface area (Å²) in [6, 6.07) is 5.84. The highest BCUT2D eigenvalue weighted by Crippen LogP contribution is 2.44. The molecule has 2 N–H and O–H groups in total. The Labute approximate surface area is 129 Å². The Morgan fingerprint density at radius 2 is 2.10 bits per heavy atom. The van der Waals surface area contributed by atoms with Gasteiger partial charge in [0.15, 0.2) is 0 Å². The Kier molecular flexibility index (Phi) is 5.06. The van der Waals surface area contributed by atoms with Gasteiger partial charge in [-0.1, -0.05) is 19.8 Å². The molecule has 0 aliphatic carbocycles. The summed E-state index contributed by atoms with van der Waals surface area (Å²) in [5, 5.41) is 8.66. The Morgan fingerprint density at radius 1 is 1.33 bits per heavy atom. The predicted octanol–water partition coefficient (Wildman–Crippen LogP) is 4.65. The van der Waals surface area contributed by atoms with Crippen LogP contribution < -0.4 is 0 Å². The number of hydrogen-bond donors (Lipinski definition) is 2. The van der Waals surface area contributed by atoms with Gasteiger partial charge in [-0.05, 0) is 43.5 Å². The molecule has 5 heteroatoms. The van der Waals surface area contributed by atoms with Crippen LogP contribution in [0.5, 0.6) is 0 Å². The number of benzene rings is 1. The number of unbranched alkanes of at least 4 members (excludes halogenated alkanes) is 2. The molecular formula is C16H21NO3S. The van der Waals surface area contributed by atoms with Gasteiger partial charge in [0.05, 0.1) is 5.69 Å². The molecular weight excluding hydrogens is 286 g/mol. The minimum absolute atomic E-state index is 0.107. The summed E-state index contributed by atoms with van der Waals surface area (Å²) in [5.41, 5.74) is 3.14. The van der Waals surface area contributed by atoms with Crippen molar-refractivity contribution in [3.05, 3.63) is 23.8 Å². The molecule has 1 aliphatic heterocycles. The number of rotatable bonds is 7. The molecule has 1 heterocycles.